The van der Waals surface area contributed by atoms with E-state index >= 15 is 0 Å². The largest absolute Gasteiger partial charge is 0.389 e. The zero-order valence-corrected chi connectivity index (χ0v) is 12.2. The first kappa shape index (κ1) is 14.6. The van der Waals surface area contributed by atoms with Gasteiger partial charge in [-0.3, -0.25) is 0 Å². The van der Waals surface area contributed by atoms with Crippen LogP contribution in [0.3, 0.4) is 0 Å². The number of hydrogen-bond donors (Lipinski definition) is 2. The smallest absolute Gasteiger partial charge is 0.241 e. The minimum absolute atomic E-state index is 0.0561. The molecule has 0 spiro atoms. The van der Waals surface area contributed by atoms with E-state index < -0.39 is 10.0 Å². The van der Waals surface area contributed by atoms with E-state index in [2.05, 4.69) is 9.71 Å². The Balaban J connectivity index is 2.12. The molecule has 0 saturated heterocycles. The number of nitrogens with one attached hydrogen (secondary N) is 1. The molecule has 0 amide bonds. The summed E-state index contributed by atoms with van der Waals surface area (Å²) in [5, 5.41) is 0. The van der Waals surface area contributed by atoms with E-state index in [1.54, 1.807) is 41.5 Å². The van der Waals surface area contributed by atoms with Gasteiger partial charge in [-0.1, -0.05) is 30.4 Å². The monoisotopic (exact) mass is 310 g/mol. The third kappa shape index (κ3) is 3.41. The van der Waals surface area contributed by atoms with E-state index in [-0.39, 0.29) is 16.4 Å². The third-order valence-corrected chi connectivity index (χ3v) is 4.40. The Hall–Kier alpha value is -1.77. The van der Waals surface area contributed by atoms with Gasteiger partial charge in [-0.05, 0) is 6.07 Å². The lowest BCUT2D eigenvalue weighted by Crippen LogP contribution is -2.29. The Labute approximate surface area is 122 Å². The second-order valence-corrected chi connectivity index (χ2v) is 6.23. The van der Waals surface area contributed by atoms with Crippen molar-refractivity contribution in [2.24, 2.45) is 5.73 Å². The van der Waals surface area contributed by atoms with Gasteiger partial charge >= 0.3 is 0 Å². The van der Waals surface area contributed by atoms with Crippen molar-refractivity contribution >= 4 is 27.2 Å². The molecule has 1 aromatic carbocycles. The van der Waals surface area contributed by atoms with E-state index in [1.807, 2.05) is 0 Å². The molecule has 0 aliphatic carbocycles. The molecule has 0 bridgehead atoms. The number of rotatable bonds is 6. The maximum absolute atomic E-state index is 12.2. The number of benzene rings is 1. The fraction of sp³-hybridized carbons (Fsp3) is 0.167. The quantitative estimate of drug-likeness (QED) is 0.758. The van der Waals surface area contributed by atoms with E-state index in [4.69, 9.17) is 18.0 Å². The van der Waals surface area contributed by atoms with Crippen LogP contribution in [-0.4, -0.2) is 29.5 Å². The molecule has 0 atom stereocenters. The maximum atomic E-state index is 12.2. The molecule has 1 aromatic heterocycles. The highest BCUT2D eigenvalue weighted by molar-refractivity contribution is 7.89. The van der Waals surface area contributed by atoms with Gasteiger partial charge in [0.2, 0.25) is 10.0 Å². The van der Waals surface area contributed by atoms with E-state index in [1.165, 1.54) is 6.07 Å². The van der Waals surface area contributed by atoms with Gasteiger partial charge in [0.05, 0.1) is 11.2 Å². The average Bonchev–Trinajstić information content (AvgIpc) is 2.91. The molecule has 0 aliphatic heterocycles. The highest BCUT2D eigenvalue weighted by atomic mass is 32.2. The Morgan fingerprint density at radius 1 is 1.40 bits per heavy atom. The van der Waals surface area contributed by atoms with Crippen LogP contribution in [0, 0.1) is 0 Å². The number of sulfonamides is 1. The standard InChI is InChI=1S/C12H14N4O2S2/c13-12(19)10-3-1-2-4-11(10)20(17,18)15-6-8-16-7-5-14-9-16/h1-5,7,9,15H,6,8H2,(H2,13,19). The molecule has 0 aliphatic rings. The third-order valence-electron chi connectivity index (χ3n) is 2.66. The lowest BCUT2D eigenvalue weighted by atomic mass is 10.2. The highest BCUT2D eigenvalue weighted by Crippen LogP contribution is 2.14. The molecule has 20 heavy (non-hydrogen) atoms. The normalized spacial score (nSPS) is 11.4. The summed E-state index contributed by atoms with van der Waals surface area (Å²) in [5.74, 6) is 0. The molecule has 0 radical (unpaired) electrons. The van der Waals surface area contributed by atoms with Crippen molar-refractivity contribution in [1.29, 1.82) is 0 Å². The molecule has 3 N–H and O–H groups in total. The van der Waals surface area contributed by atoms with Crippen LogP contribution in [0.1, 0.15) is 5.56 Å². The van der Waals surface area contributed by atoms with Crippen LogP contribution in [0.25, 0.3) is 0 Å². The second kappa shape index (κ2) is 6.12. The van der Waals surface area contributed by atoms with E-state index in [0.717, 1.165) is 0 Å². The minimum Gasteiger partial charge on any atom is -0.389 e. The maximum Gasteiger partial charge on any atom is 0.241 e. The molecule has 106 valence electrons. The van der Waals surface area contributed by atoms with Gasteiger partial charge in [0, 0.05) is 31.0 Å². The average molecular weight is 310 g/mol. The van der Waals surface area contributed by atoms with Gasteiger partial charge in [-0.25, -0.2) is 18.1 Å². The predicted octanol–water partition coefficient (Wildman–Crippen LogP) is 0.496. The summed E-state index contributed by atoms with van der Waals surface area (Å²) in [7, 11) is -3.64. The van der Waals surface area contributed by atoms with Crippen LogP contribution in [0.5, 0.6) is 0 Å². The Morgan fingerprint density at radius 3 is 2.80 bits per heavy atom. The molecule has 2 aromatic rings. The fourth-order valence-corrected chi connectivity index (χ4v) is 3.19. The molecule has 8 heteroatoms. The van der Waals surface area contributed by atoms with Crippen molar-refractivity contribution < 1.29 is 8.42 Å². The van der Waals surface area contributed by atoms with Crippen LogP contribution >= 0.6 is 12.2 Å². The SMILES string of the molecule is NC(=S)c1ccccc1S(=O)(=O)NCCn1ccnc1. The van der Waals surface area contributed by atoms with E-state index in [0.29, 0.717) is 12.1 Å². The second-order valence-electron chi connectivity index (χ2n) is 4.06. The van der Waals surface area contributed by atoms with Crippen molar-refractivity contribution in [2.45, 2.75) is 11.4 Å². The van der Waals surface area contributed by atoms with Gasteiger partial charge < -0.3 is 10.3 Å². The summed E-state index contributed by atoms with van der Waals surface area (Å²) >= 11 is 4.87. The molecule has 6 nitrogen and oxygen atoms in total. The topological polar surface area (TPSA) is 90.0 Å². The lowest BCUT2D eigenvalue weighted by molar-refractivity contribution is 0.572. The summed E-state index contributed by atoms with van der Waals surface area (Å²) in [6, 6.07) is 6.39. The van der Waals surface area contributed by atoms with Crippen molar-refractivity contribution in [1.82, 2.24) is 14.3 Å². The van der Waals surface area contributed by atoms with Crippen molar-refractivity contribution in [2.75, 3.05) is 6.54 Å². The molecular formula is C12H14N4O2S2. The summed E-state index contributed by atoms with van der Waals surface area (Å²) in [6.45, 7) is 0.749. The Morgan fingerprint density at radius 2 is 2.15 bits per heavy atom. The summed E-state index contributed by atoms with van der Waals surface area (Å²) < 4.78 is 28.8. The lowest BCUT2D eigenvalue weighted by Gasteiger charge is -2.10. The highest BCUT2D eigenvalue weighted by Gasteiger charge is 2.18. The molecular weight excluding hydrogens is 296 g/mol. The van der Waals surface area contributed by atoms with Crippen molar-refractivity contribution in [3.63, 3.8) is 0 Å². The number of thiocarbonyl (C=S) groups is 1. The zero-order valence-electron chi connectivity index (χ0n) is 10.6. The van der Waals surface area contributed by atoms with Gasteiger partial charge in [0.1, 0.15) is 4.99 Å². The number of nitrogens with two attached hydrogens (primary N) is 1. The predicted molar refractivity (Wildman–Crippen MR) is 79.7 cm³/mol. The fourth-order valence-electron chi connectivity index (χ4n) is 1.71. The first-order chi connectivity index (χ1) is 9.50. The first-order valence-corrected chi connectivity index (χ1v) is 7.74. The van der Waals surface area contributed by atoms with Crippen LogP contribution in [0.15, 0.2) is 47.9 Å². The summed E-state index contributed by atoms with van der Waals surface area (Å²) in [6.07, 6.45) is 5.02. The molecule has 0 fully saturated rings. The number of imidazole rings is 1. The summed E-state index contributed by atoms with van der Waals surface area (Å²) in [5.41, 5.74) is 5.89. The van der Waals surface area contributed by atoms with Gasteiger partial charge in [-0.2, -0.15) is 0 Å². The number of hydrogen-bond acceptors (Lipinski definition) is 4. The number of aromatic nitrogens is 2. The number of nitrogens with zero attached hydrogens (tertiary/aromatic N) is 2. The zero-order chi connectivity index (χ0) is 14.6. The van der Waals surface area contributed by atoms with Gasteiger partial charge in [-0.15, -0.1) is 0 Å². The minimum atomic E-state index is -3.64. The van der Waals surface area contributed by atoms with Crippen LogP contribution < -0.4 is 10.5 Å². The van der Waals surface area contributed by atoms with Crippen LogP contribution in [0.2, 0.25) is 0 Å². The van der Waals surface area contributed by atoms with Gasteiger partial charge in [0.15, 0.2) is 0 Å². The molecule has 2 rings (SSSR count). The molecule has 0 saturated carbocycles. The Kier molecular flexibility index (Phi) is 4.48. The van der Waals surface area contributed by atoms with Crippen LogP contribution in [-0.2, 0) is 16.6 Å². The van der Waals surface area contributed by atoms with Crippen molar-refractivity contribution in [3.8, 4) is 0 Å². The van der Waals surface area contributed by atoms with Gasteiger partial charge in [0.25, 0.3) is 0 Å². The summed E-state index contributed by atoms with van der Waals surface area (Å²) in [4.78, 5) is 4.04. The first-order valence-electron chi connectivity index (χ1n) is 5.85. The molecule has 0 unspecified atom stereocenters. The Bertz CT molecular complexity index is 696. The molecule has 1 heterocycles. The van der Waals surface area contributed by atoms with Crippen molar-refractivity contribution in [3.05, 3.63) is 48.5 Å². The van der Waals surface area contributed by atoms with E-state index in [9.17, 15) is 8.42 Å². The van der Waals surface area contributed by atoms with Crippen LogP contribution in [0.4, 0.5) is 0 Å².